The maximum absolute atomic E-state index is 13.6. The number of fused-ring (bicyclic) bond motifs is 1. The van der Waals surface area contributed by atoms with Crippen molar-refractivity contribution in [3.8, 4) is 0 Å². The summed E-state index contributed by atoms with van der Waals surface area (Å²) in [7, 11) is 0. The topological polar surface area (TPSA) is 121 Å². The monoisotopic (exact) mass is 583 g/mol. The van der Waals surface area contributed by atoms with Gasteiger partial charge >= 0.3 is 11.5 Å². The molecule has 3 aromatic carbocycles. The van der Waals surface area contributed by atoms with Gasteiger partial charge in [-0.2, -0.15) is 13.2 Å². The van der Waals surface area contributed by atoms with E-state index in [0.717, 1.165) is 30.4 Å². The van der Waals surface area contributed by atoms with Crippen LogP contribution < -0.4 is 5.32 Å². The van der Waals surface area contributed by atoms with Crippen molar-refractivity contribution in [2.45, 2.75) is 35.8 Å². The lowest BCUT2D eigenvalue weighted by atomic mass is 9.92. The zero-order valence-corrected chi connectivity index (χ0v) is 22.2. The van der Waals surface area contributed by atoms with Gasteiger partial charge in [0.1, 0.15) is 0 Å². The van der Waals surface area contributed by atoms with Gasteiger partial charge in [0.25, 0.3) is 5.91 Å². The lowest BCUT2D eigenvalue weighted by molar-refractivity contribution is -0.146. The molecular weight excluding hydrogens is 559 g/mol. The van der Waals surface area contributed by atoms with Gasteiger partial charge < -0.3 is 15.5 Å². The molecule has 3 N–H and O–H groups in total. The SMILES string of the molecule is O=C(/C=C(\C(=O)c1ccc(C(=O)NC[C@@H](O)C(=O)O)cc1)c1ccc2c(c1)CCC2)c1ccc(SC(F)(F)F)cc1. The van der Waals surface area contributed by atoms with Crippen molar-refractivity contribution in [1.29, 1.82) is 0 Å². The van der Waals surface area contributed by atoms with Crippen LogP contribution >= 0.6 is 11.8 Å². The van der Waals surface area contributed by atoms with Gasteiger partial charge in [0.15, 0.2) is 17.7 Å². The number of thioether (sulfide) groups is 1. The van der Waals surface area contributed by atoms with E-state index in [9.17, 15) is 37.5 Å². The van der Waals surface area contributed by atoms with Crippen LogP contribution in [-0.2, 0) is 17.6 Å². The highest BCUT2D eigenvalue weighted by molar-refractivity contribution is 8.00. The van der Waals surface area contributed by atoms with E-state index < -0.39 is 41.6 Å². The van der Waals surface area contributed by atoms with E-state index in [1.807, 2.05) is 12.1 Å². The first kappa shape index (κ1) is 29.8. The minimum atomic E-state index is -4.46. The number of aryl methyl sites for hydroxylation is 2. The van der Waals surface area contributed by atoms with Gasteiger partial charge in [-0.3, -0.25) is 14.4 Å². The molecule has 0 fully saturated rings. The predicted molar refractivity (Wildman–Crippen MR) is 146 cm³/mol. The van der Waals surface area contributed by atoms with Gasteiger partial charge in [0.2, 0.25) is 0 Å². The number of nitrogens with one attached hydrogen (secondary N) is 1. The van der Waals surface area contributed by atoms with Crippen LogP contribution in [0.5, 0.6) is 0 Å². The standard InChI is InChI=1S/C30H24F3NO6S/c31-30(32,33)41-23-12-10-18(11-13-23)25(35)15-24(22-9-4-17-2-1-3-21(17)14-22)27(37)19-5-7-20(8-6-19)28(38)34-16-26(36)29(39)40/h4-15,26,36H,1-3,16H2,(H,34,38)(H,39,40)/b24-15-/t26-/m1/s1. The second-order valence-corrected chi connectivity index (χ2v) is 10.4. The Morgan fingerprint density at radius 3 is 2.07 bits per heavy atom. The zero-order valence-electron chi connectivity index (χ0n) is 21.4. The van der Waals surface area contributed by atoms with Crippen molar-refractivity contribution >= 4 is 40.8 Å². The van der Waals surface area contributed by atoms with Crippen LogP contribution in [0.3, 0.4) is 0 Å². The minimum absolute atomic E-state index is 0.0745. The number of hydrogen-bond donors (Lipinski definition) is 3. The van der Waals surface area contributed by atoms with Crippen molar-refractivity contribution in [3.63, 3.8) is 0 Å². The smallest absolute Gasteiger partial charge is 0.446 e. The van der Waals surface area contributed by atoms with E-state index in [4.69, 9.17) is 5.11 Å². The van der Waals surface area contributed by atoms with Gasteiger partial charge in [-0.05, 0) is 90.2 Å². The number of alkyl halides is 3. The molecule has 0 unspecified atom stereocenters. The number of allylic oxidation sites excluding steroid dienone is 2. The Kier molecular flexibility index (Phi) is 9.09. The summed E-state index contributed by atoms with van der Waals surface area (Å²) in [5, 5.41) is 20.4. The number of carbonyl (C=O) groups excluding carboxylic acids is 3. The van der Waals surface area contributed by atoms with Gasteiger partial charge in [-0.15, -0.1) is 0 Å². The molecule has 1 aliphatic rings. The van der Waals surface area contributed by atoms with Gasteiger partial charge in [0.05, 0.1) is 6.54 Å². The van der Waals surface area contributed by atoms with Gasteiger partial charge in [-0.1, -0.05) is 30.3 Å². The minimum Gasteiger partial charge on any atom is -0.479 e. The van der Waals surface area contributed by atoms with Crippen LogP contribution in [0.1, 0.15) is 54.2 Å². The Bertz CT molecular complexity index is 1510. The first-order chi connectivity index (χ1) is 19.4. The maximum atomic E-state index is 13.6. The Labute approximate surface area is 237 Å². The van der Waals surface area contributed by atoms with Crippen LogP contribution in [0.25, 0.3) is 5.57 Å². The average Bonchev–Trinajstić information content (AvgIpc) is 3.41. The van der Waals surface area contributed by atoms with E-state index in [-0.39, 0.29) is 38.9 Å². The number of amides is 1. The molecule has 41 heavy (non-hydrogen) atoms. The van der Waals surface area contributed by atoms with Gasteiger partial charge in [0, 0.05) is 27.2 Å². The number of halogens is 3. The van der Waals surface area contributed by atoms with Crippen LogP contribution in [-0.4, -0.2) is 51.8 Å². The highest BCUT2D eigenvalue weighted by Crippen LogP contribution is 2.37. The van der Waals surface area contributed by atoms with Gasteiger partial charge in [-0.25, -0.2) is 4.79 Å². The molecular formula is C30H24F3NO6S. The molecule has 7 nitrogen and oxygen atoms in total. The number of aliphatic hydroxyl groups is 1. The number of hydrogen-bond acceptors (Lipinski definition) is 6. The van der Waals surface area contributed by atoms with E-state index in [0.29, 0.717) is 5.56 Å². The molecule has 3 aromatic rings. The van der Waals surface area contributed by atoms with Crippen molar-refractivity contribution < 1.29 is 42.6 Å². The summed E-state index contributed by atoms with van der Waals surface area (Å²) in [5.41, 5.74) is -1.24. The van der Waals surface area contributed by atoms with Crippen LogP contribution in [0.2, 0.25) is 0 Å². The zero-order chi connectivity index (χ0) is 29.7. The molecule has 0 radical (unpaired) electrons. The third-order valence-corrected chi connectivity index (χ3v) is 7.19. The summed E-state index contributed by atoms with van der Waals surface area (Å²) in [6.45, 7) is -0.502. The Hall–Kier alpha value is -4.22. The first-order valence-electron chi connectivity index (χ1n) is 12.5. The normalized spacial score (nSPS) is 13.8. The Balaban J connectivity index is 1.61. The van der Waals surface area contributed by atoms with E-state index >= 15 is 0 Å². The van der Waals surface area contributed by atoms with Crippen molar-refractivity contribution in [2.75, 3.05) is 6.54 Å². The Morgan fingerprint density at radius 2 is 1.44 bits per heavy atom. The summed E-state index contributed by atoms with van der Waals surface area (Å²) in [6.07, 6.45) is 2.12. The molecule has 212 valence electrons. The number of carboxylic acid groups (broad SMARTS) is 1. The fourth-order valence-corrected chi connectivity index (χ4v) is 4.90. The predicted octanol–water partition coefficient (Wildman–Crippen LogP) is 5.11. The lowest BCUT2D eigenvalue weighted by Gasteiger charge is -2.11. The molecule has 0 aromatic heterocycles. The molecule has 4 rings (SSSR count). The summed E-state index contributed by atoms with van der Waals surface area (Å²) in [5.74, 6) is -3.21. The highest BCUT2D eigenvalue weighted by atomic mass is 32.2. The largest absolute Gasteiger partial charge is 0.479 e. The first-order valence-corrected chi connectivity index (χ1v) is 13.3. The molecule has 0 aliphatic heterocycles. The van der Waals surface area contributed by atoms with Crippen LogP contribution in [0, 0.1) is 0 Å². The summed E-state index contributed by atoms with van der Waals surface area (Å²) in [6, 6.07) is 15.9. The van der Waals surface area contributed by atoms with E-state index in [2.05, 4.69) is 5.32 Å². The van der Waals surface area contributed by atoms with E-state index in [1.54, 1.807) is 6.07 Å². The highest BCUT2D eigenvalue weighted by Gasteiger charge is 2.29. The van der Waals surface area contributed by atoms with Crippen LogP contribution in [0.4, 0.5) is 13.2 Å². The third-order valence-electron chi connectivity index (χ3n) is 6.45. The molecule has 0 bridgehead atoms. The third kappa shape index (κ3) is 7.71. The number of carbonyl (C=O) groups is 4. The fourth-order valence-electron chi connectivity index (χ4n) is 4.36. The molecule has 1 atom stereocenters. The number of aliphatic hydroxyl groups excluding tert-OH is 1. The quantitative estimate of drug-likeness (QED) is 0.172. The van der Waals surface area contributed by atoms with Crippen molar-refractivity contribution in [2.24, 2.45) is 0 Å². The summed E-state index contributed by atoms with van der Waals surface area (Å²) >= 11 is -0.294. The molecule has 0 spiro atoms. The molecule has 1 aliphatic carbocycles. The van der Waals surface area contributed by atoms with Crippen molar-refractivity contribution in [3.05, 3.63) is 106 Å². The second kappa shape index (κ2) is 12.5. The number of carboxylic acids is 1. The summed E-state index contributed by atoms with van der Waals surface area (Å²) < 4.78 is 38.0. The van der Waals surface area contributed by atoms with Crippen LogP contribution in [0.15, 0.2) is 77.7 Å². The average molecular weight is 584 g/mol. The lowest BCUT2D eigenvalue weighted by Crippen LogP contribution is -2.36. The van der Waals surface area contributed by atoms with Crippen molar-refractivity contribution in [1.82, 2.24) is 5.32 Å². The number of benzene rings is 3. The second-order valence-electron chi connectivity index (χ2n) is 9.30. The maximum Gasteiger partial charge on any atom is 0.446 e. The molecule has 1 amide bonds. The molecule has 0 saturated carbocycles. The Morgan fingerprint density at radius 1 is 0.854 bits per heavy atom. The number of ketones is 2. The number of Topliss-reactive ketones (excluding diaryl/α,β-unsaturated/α-hetero) is 1. The number of aliphatic carboxylic acids is 1. The fraction of sp³-hybridized carbons (Fsp3) is 0.200. The summed E-state index contributed by atoms with van der Waals surface area (Å²) in [4.78, 5) is 49.7. The molecule has 0 heterocycles. The molecule has 11 heteroatoms. The molecule has 0 saturated heterocycles. The van der Waals surface area contributed by atoms with E-state index in [1.165, 1.54) is 54.6 Å². The number of rotatable bonds is 10.